The van der Waals surface area contributed by atoms with Gasteiger partial charge in [0.25, 0.3) is 0 Å². The van der Waals surface area contributed by atoms with Gasteiger partial charge < -0.3 is 20.1 Å². The highest BCUT2D eigenvalue weighted by Crippen LogP contribution is 2.43. The van der Waals surface area contributed by atoms with Gasteiger partial charge in [-0.1, -0.05) is 18.1 Å². The third kappa shape index (κ3) is 4.20. The molecule has 5 heterocycles. The van der Waals surface area contributed by atoms with Crippen molar-refractivity contribution in [2.75, 3.05) is 37.7 Å². The number of nitrogens with one attached hydrogen (secondary N) is 1. The van der Waals surface area contributed by atoms with Crippen molar-refractivity contribution in [2.24, 2.45) is 0 Å². The molecule has 226 valence electrons. The summed E-state index contributed by atoms with van der Waals surface area (Å²) in [6, 6.07) is 9.45. The highest BCUT2D eigenvalue weighted by Gasteiger charge is 2.49. The van der Waals surface area contributed by atoms with Crippen LogP contribution in [-0.4, -0.2) is 76.6 Å². The quantitative estimate of drug-likeness (QED) is 0.301. The molecule has 0 radical (unpaired) electrons. The lowest BCUT2D eigenvalue weighted by Gasteiger charge is -2.37. The number of phenols is 1. The van der Waals surface area contributed by atoms with Gasteiger partial charge in [-0.25, -0.2) is 13.2 Å². The number of benzene rings is 3. The molecule has 1 aromatic heterocycles. The van der Waals surface area contributed by atoms with E-state index in [2.05, 4.69) is 26.0 Å². The summed E-state index contributed by atoms with van der Waals surface area (Å²) in [4.78, 5) is 13.9. The van der Waals surface area contributed by atoms with Crippen LogP contribution in [0.5, 0.6) is 11.8 Å². The Labute approximate surface area is 253 Å². The Morgan fingerprint density at radius 1 is 1.09 bits per heavy atom. The molecule has 0 spiro atoms. The SMILES string of the molecule is C#Cc1c(F)ccc2cc(O)cc(-c3ccc4c(N5C6CCC5CNC6)nc(OC[C@@]56CCCN5C[C@H](F)C6)nc4c3F)c12. The molecule has 2 N–H and O–H groups in total. The lowest BCUT2D eigenvalue weighted by Crippen LogP contribution is -2.52. The maximum atomic E-state index is 16.8. The van der Waals surface area contributed by atoms with Gasteiger partial charge in [0, 0.05) is 54.5 Å². The molecule has 4 aliphatic rings. The van der Waals surface area contributed by atoms with E-state index in [-0.39, 0.29) is 52.7 Å². The number of hydrogen-bond acceptors (Lipinski definition) is 7. The molecule has 10 heteroatoms. The molecule has 4 saturated heterocycles. The zero-order valence-electron chi connectivity index (χ0n) is 24.1. The molecule has 4 aliphatic heterocycles. The second-order valence-corrected chi connectivity index (χ2v) is 12.6. The normalized spacial score (nSPS) is 26.4. The van der Waals surface area contributed by atoms with E-state index in [0.29, 0.717) is 34.9 Å². The summed E-state index contributed by atoms with van der Waals surface area (Å²) in [6.07, 6.45) is 8.97. The third-order valence-electron chi connectivity index (χ3n) is 10.1. The highest BCUT2D eigenvalue weighted by atomic mass is 19.1. The fourth-order valence-electron chi connectivity index (χ4n) is 8.15. The molecule has 4 aromatic rings. The van der Waals surface area contributed by atoms with Gasteiger partial charge in [-0.15, -0.1) is 6.42 Å². The Bertz CT molecular complexity index is 1850. The highest BCUT2D eigenvalue weighted by molar-refractivity contribution is 6.04. The molecule has 4 fully saturated rings. The minimum atomic E-state index is -0.904. The smallest absolute Gasteiger partial charge is 0.319 e. The number of anilines is 1. The molecule has 44 heavy (non-hydrogen) atoms. The summed E-state index contributed by atoms with van der Waals surface area (Å²) in [7, 11) is 0. The van der Waals surface area contributed by atoms with Crippen LogP contribution < -0.4 is 15.0 Å². The number of halogens is 3. The van der Waals surface area contributed by atoms with E-state index >= 15 is 4.39 Å². The van der Waals surface area contributed by atoms with Gasteiger partial charge in [0.2, 0.25) is 0 Å². The first-order valence-corrected chi connectivity index (χ1v) is 15.3. The van der Waals surface area contributed by atoms with Crippen LogP contribution >= 0.6 is 0 Å². The number of fused-ring (bicyclic) bond motifs is 5. The molecule has 7 nitrogen and oxygen atoms in total. The van der Waals surface area contributed by atoms with Crippen molar-refractivity contribution in [3.8, 4) is 35.2 Å². The zero-order chi connectivity index (χ0) is 30.2. The van der Waals surface area contributed by atoms with Crippen LogP contribution in [0.3, 0.4) is 0 Å². The van der Waals surface area contributed by atoms with Crippen LogP contribution in [0.2, 0.25) is 0 Å². The Kier molecular flexibility index (Phi) is 6.40. The van der Waals surface area contributed by atoms with Gasteiger partial charge in [-0.2, -0.15) is 9.97 Å². The van der Waals surface area contributed by atoms with E-state index in [9.17, 15) is 13.9 Å². The van der Waals surface area contributed by atoms with Gasteiger partial charge in [-0.3, -0.25) is 4.90 Å². The largest absolute Gasteiger partial charge is 0.508 e. The Morgan fingerprint density at radius 3 is 2.70 bits per heavy atom. The van der Waals surface area contributed by atoms with E-state index in [1.807, 2.05) is 0 Å². The molecule has 0 saturated carbocycles. The van der Waals surface area contributed by atoms with E-state index < -0.39 is 23.3 Å². The van der Waals surface area contributed by atoms with E-state index in [0.717, 1.165) is 45.3 Å². The minimum absolute atomic E-state index is 0.00936. The topological polar surface area (TPSA) is 73.8 Å². The molecular formula is C34H32F3N5O2. The first kappa shape index (κ1) is 27.5. The average molecular weight is 600 g/mol. The van der Waals surface area contributed by atoms with Crippen molar-refractivity contribution in [1.82, 2.24) is 20.2 Å². The molecule has 4 atom stereocenters. The number of phenolic OH excluding ortho intramolecular Hbond substituents is 1. The van der Waals surface area contributed by atoms with E-state index in [4.69, 9.17) is 16.1 Å². The lowest BCUT2D eigenvalue weighted by atomic mass is 9.93. The summed E-state index contributed by atoms with van der Waals surface area (Å²) in [6.45, 7) is 3.03. The summed E-state index contributed by atoms with van der Waals surface area (Å²) in [5.41, 5.74) is 0.0203. The summed E-state index contributed by atoms with van der Waals surface area (Å²) in [5.74, 6) is 1.65. The van der Waals surface area contributed by atoms with E-state index in [1.54, 1.807) is 12.1 Å². The van der Waals surface area contributed by atoms with Crippen LogP contribution in [0.15, 0.2) is 36.4 Å². The standard InChI is InChI=1S/C34H32F3N5O2/c1-2-24-28(36)9-4-19-12-23(43)13-27(29(19)24)25-7-8-26-31(30(25)37)39-33(40-32(26)42-21-5-6-22(42)16-38-15-21)44-18-34-10-3-11-41(34)17-20(35)14-34/h1,4,7-9,12-13,20-22,38,43H,3,5-6,10-11,14-18H2/t20-,21?,22?,34+/m1/s1. The molecular weight excluding hydrogens is 567 g/mol. The number of alkyl halides is 1. The van der Waals surface area contributed by atoms with Gasteiger partial charge >= 0.3 is 6.01 Å². The first-order valence-electron chi connectivity index (χ1n) is 15.3. The minimum Gasteiger partial charge on any atom is -0.508 e. The Balaban J connectivity index is 1.29. The van der Waals surface area contributed by atoms with Crippen molar-refractivity contribution >= 4 is 27.5 Å². The Hall–Kier alpha value is -4.07. The van der Waals surface area contributed by atoms with Crippen molar-refractivity contribution < 1.29 is 23.0 Å². The number of rotatable bonds is 5. The number of ether oxygens (including phenoxy) is 1. The van der Waals surface area contributed by atoms with Gasteiger partial charge in [0.15, 0.2) is 5.82 Å². The van der Waals surface area contributed by atoms with Crippen LogP contribution in [0.1, 0.15) is 37.7 Å². The molecule has 2 unspecified atom stereocenters. The Morgan fingerprint density at radius 2 is 1.91 bits per heavy atom. The van der Waals surface area contributed by atoms with Crippen molar-refractivity contribution in [1.29, 1.82) is 0 Å². The summed E-state index contributed by atoms with van der Waals surface area (Å²) in [5, 5.41) is 15.4. The number of nitrogens with zero attached hydrogens (tertiary/aromatic N) is 4. The zero-order valence-corrected chi connectivity index (χ0v) is 24.1. The second kappa shape index (κ2) is 10.2. The number of aromatic hydroxyl groups is 1. The fraction of sp³-hybridized carbons (Fsp3) is 0.412. The number of terminal acetylenes is 1. The van der Waals surface area contributed by atoms with Crippen LogP contribution in [0.25, 0.3) is 32.8 Å². The number of aromatic nitrogens is 2. The summed E-state index contributed by atoms with van der Waals surface area (Å²) < 4.78 is 52.4. The lowest BCUT2D eigenvalue weighted by molar-refractivity contribution is 0.107. The van der Waals surface area contributed by atoms with Gasteiger partial charge in [0.05, 0.1) is 11.1 Å². The van der Waals surface area contributed by atoms with Crippen LogP contribution in [0.4, 0.5) is 19.0 Å². The summed E-state index contributed by atoms with van der Waals surface area (Å²) >= 11 is 0. The van der Waals surface area contributed by atoms with E-state index in [1.165, 1.54) is 24.3 Å². The molecule has 3 aromatic carbocycles. The van der Waals surface area contributed by atoms with Crippen molar-refractivity contribution in [3.63, 3.8) is 0 Å². The number of piperazine rings is 1. The van der Waals surface area contributed by atoms with Crippen LogP contribution in [0, 0.1) is 24.0 Å². The second-order valence-electron chi connectivity index (χ2n) is 12.6. The maximum Gasteiger partial charge on any atom is 0.319 e. The number of hydrogen-bond donors (Lipinski definition) is 2. The molecule has 2 bridgehead atoms. The maximum absolute atomic E-state index is 16.8. The average Bonchev–Trinajstić information content (AvgIpc) is 3.62. The fourth-order valence-corrected chi connectivity index (χ4v) is 8.15. The first-order chi connectivity index (χ1) is 21.3. The molecule has 8 rings (SSSR count). The molecule has 0 aliphatic carbocycles. The molecule has 0 amide bonds. The predicted molar refractivity (Wildman–Crippen MR) is 163 cm³/mol. The monoisotopic (exact) mass is 599 g/mol. The van der Waals surface area contributed by atoms with Crippen LogP contribution in [-0.2, 0) is 0 Å². The van der Waals surface area contributed by atoms with Crippen molar-refractivity contribution in [3.05, 3.63) is 53.6 Å². The predicted octanol–water partition coefficient (Wildman–Crippen LogP) is 5.31. The third-order valence-corrected chi connectivity index (χ3v) is 10.1. The van der Waals surface area contributed by atoms with Gasteiger partial charge in [0.1, 0.15) is 35.7 Å². The van der Waals surface area contributed by atoms with Crippen molar-refractivity contribution in [2.45, 2.75) is 55.9 Å². The van der Waals surface area contributed by atoms with Gasteiger partial charge in [-0.05, 0) is 67.4 Å².